The van der Waals surface area contributed by atoms with E-state index >= 15 is 0 Å². The molecule has 0 bridgehead atoms. The van der Waals surface area contributed by atoms with E-state index in [4.69, 9.17) is 5.41 Å². The quantitative estimate of drug-likeness (QED) is 0.347. The van der Waals surface area contributed by atoms with Crippen molar-refractivity contribution in [3.05, 3.63) is 30.0 Å². The summed E-state index contributed by atoms with van der Waals surface area (Å²) in [5, 5.41) is 15.2. The van der Waals surface area contributed by atoms with Gasteiger partial charge in [-0.2, -0.15) is 5.10 Å². The van der Waals surface area contributed by atoms with E-state index in [1.165, 1.54) is 0 Å². The number of H-pyrrole nitrogens is 1. The van der Waals surface area contributed by atoms with Gasteiger partial charge < -0.3 is 0 Å². The molecule has 0 saturated heterocycles. The molecule has 0 amide bonds. The molecule has 1 aromatic heterocycles. The molecule has 4 heteroatoms. The maximum absolute atomic E-state index is 7.32. The molecule has 3 nitrogen and oxygen atoms in total. The lowest BCUT2D eigenvalue weighted by Crippen LogP contribution is -1.88. The number of benzene rings is 1. The zero-order chi connectivity index (χ0) is 8.55. The molecular formula is C8H7N3S. The van der Waals surface area contributed by atoms with Gasteiger partial charge in [-0.1, -0.05) is 18.2 Å². The maximum atomic E-state index is 7.32. The van der Waals surface area contributed by atoms with Crippen molar-refractivity contribution in [2.75, 3.05) is 0 Å². The summed E-state index contributed by atoms with van der Waals surface area (Å²) in [4.78, 5) is 0. The third-order valence-corrected chi connectivity index (χ3v) is 1.91. The van der Waals surface area contributed by atoms with Crippen LogP contribution >= 0.6 is 12.6 Å². The number of nitrogens with one attached hydrogen (secondary N) is 2. The topological polar surface area (TPSA) is 52.5 Å². The Morgan fingerprint density at radius 2 is 2.17 bits per heavy atom. The Bertz CT molecular complexity index is 433. The van der Waals surface area contributed by atoms with Gasteiger partial charge in [-0.05, 0) is 6.07 Å². The first kappa shape index (κ1) is 7.36. The van der Waals surface area contributed by atoms with E-state index < -0.39 is 0 Å². The van der Waals surface area contributed by atoms with Crippen molar-refractivity contribution >= 4 is 28.6 Å². The highest BCUT2D eigenvalue weighted by Crippen LogP contribution is 2.15. The van der Waals surface area contributed by atoms with E-state index in [0.29, 0.717) is 5.69 Å². The van der Waals surface area contributed by atoms with Gasteiger partial charge in [-0.15, -0.1) is 12.6 Å². The number of hydrogen-bond donors (Lipinski definition) is 3. The van der Waals surface area contributed by atoms with Crippen LogP contribution in [0.5, 0.6) is 0 Å². The van der Waals surface area contributed by atoms with Gasteiger partial charge in [0.1, 0.15) is 10.7 Å². The average Bonchev–Trinajstić information content (AvgIpc) is 2.47. The zero-order valence-electron chi connectivity index (χ0n) is 6.20. The maximum Gasteiger partial charge on any atom is 0.124 e. The van der Waals surface area contributed by atoms with Gasteiger partial charge in [-0.3, -0.25) is 10.5 Å². The van der Waals surface area contributed by atoms with E-state index in [-0.39, 0.29) is 5.04 Å². The lowest BCUT2D eigenvalue weighted by molar-refractivity contribution is 1.11. The fourth-order valence-corrected chi connectivity index (χ4v) is 1.31. The van der Waals surface area contributed by atoms with Gasteiger partial charge in [0.15, 0.2) is 0 Å². The smallest absolute Gasteiger partial charge is 0.124 e. The van der Waals surface area contributed by atoms with Crippen LogP contribution in [-0.4, -0.2) is 15.2 Å². The number of nitrogens with zero attached hydrogens (tertiary/aromatic N) is 1. The summed E-state index contributed by atoms with van der Waals surface area (Å²) in [6, 6.07) is 7.67. The van der Waals surface area contributed by atoms with Crippen molar-refractivity contribution in [3.8, 4) is 0 Å². The number of aromatic nitrogens is 2. The Hall–Kier alpha value is -1.29. The molecule has 0 fully saturated rings. The number of rotatable bonds is 1. The number of aromatic amines is 1. The molecule has 1 aromatic carbocycles. The monoisotopic (exact) mass is 177 g/mol. The van der Waals surface area contributed by atoms with Crippen LogP contribution in [0.4, 0.5) is 0 Å². The summed E-state index contributed by atoms with van der Waals surface area (Å²) in [6.07, 6.45) is 0. The van der Waals surface area contributed by atoms with Gasteiger partial charge >= 0.3 is 0 Å². The molecule has 0 aliphatic carbocycles. The highest BCUT2D eigenvalue weighted by molar-refractivity contribution is 7.97. The van der Waals surface area contributed by atoms with E-state index in [0.717, 1.165) is 10.9 Å². The van der Waals surface area contributed by atoms with Crippen molar-refractivity contribution < 1.29 is 0 Å². The minimum atomic E-state index is 0.187. The molecule has 2 aromatic rings. The number of fused-ring (bicyclic) bond motifs is 1. The average molecular weight is 177 g/mol. The molecule has 60 valence electrons. The molecule has 0 aliphatic rings. The van der Waals surface area contributed by atoms with Crippen molar-refractivity contribution in [1.82, 2.24) is 10.2 Å². The predicted octanol–water partition coefficient (Wildman–Crippen LogP) is 1.82. The fourth-order valence-electron chi connectivity index (χ4n) is 1.14. The minimum Gasteiger partial charge on any atom is -0.292 e. The molecule has 0 unspecified atom stereocenters. The molecule has 0 atom stereocenters. The van der Waals surface area contributed by atoms with Crippen LogP contribution in [0.2, 0.25) is 0 Å². The van der Waals surface area contributed by atoms with Crippen molar-refractivity contribution in [2.24, 2.45) is 0 Å². The molecule has 0 radical (unpaired) electrons. The first-order chi connectivity index (χ1) is 5.79. The van der Waals surface area contributed by atoms with Gasteiger partial charge in [-0.25, -0.2) is 0 Å². The SMILES string of the molecule is N=C(S)c1n[nH]c2ccccc12. The summed E-state index contributed by atoms with van der Waals surface area (Å²) in [6.45, 7) is 0. The molecule has 2 rings (SSSR count). The minimum absolute atomic E-state index is 0.187. The Balaban J connectivity index is 2.79. The van der Waals surface area contributed by atoms with Crippen molar-refractivity contribution in [2.45, 2.75) is 0 Å². The lowest BCUT2D eigenvalue weighted by atomic mass is 10.2. The molecular weight excluding hydrogens is 170 g/mol. The highest BCUT2D eigenvalue weighted by Gasteiger charge is 2.05. The normalized spacial score (nSPS) is 10.4. The molecule has 2 N–H and O–H groups in total. The molecule has 0 saturated carbocycles. The standard InChI is InChI=1S/C8H7N3S/c9-8(12)7-5-3-1-2-4-6(5)10-11-7/h1-4H,(H2,9,12)(H,10,11). The van der Waals surface area contributed by atoms with E-state index in [1.54, 1.807) is 0 Å². The van der Waals surface area contributed by atoms with Gasteiger partial charge in [0, 0.05) is 5.39 Å². The Labute approximate surface area is 74.7 Å². The van der Waals surface area contributed by atoms with Crippen molar-refractivity contribution in [1.29, 1.82) is 5.41 Å². The third-order valence-electron chi connectivity index (χ3n) is 1.69. The fraction of sp³-hybridized carbons (Fsp3) is 0. The summed E-state index contributed by atoms with van der Waals surface area (Å²) in [5.41, 5.74) is 1.54. The van der Waals surface area contributed by atoms with Crippen LogP contribution < -0.4 is 0 Å². The zero-order valence-corrected chi connectivity index (χ0v) is 7.10. The first-order valence-electron chi connectivity index (χ1n) is 3.50. The van der Waals surface area contributed by atoms with Gasteiger partial charge in [0.25, 0.3) is 0 Å². The highest BCUT2D eigenvalue weighted by atomic mass is 32.1. The van der Waals surface area contributed by atoms with E-state index in [2.05, 4.69) is 22.8 Å². The second-order valence-corrected chi connectivity index (χ2v) is 2.91. The summed E-state index contributed by atoms with van der Waals surface area (Å²) >= 11 is 3.93. The first-order valence-corrected chi connectivity index (χ1v) is 3.95. The summed E-state index contributed by atoms with van der Waals surface area (Å²) < 4.78 is 0. The lowest BCUT2D eigenvalue weighted by Gasteiger charge is -1.89. The second kappa shape index (κ2) is 2.64. The van der Waals surface area contributed by atoms with Gasteiger partial charge in [0.05, 0.1) is 5.52 Å². The van der Waals surface area contributed by atoms with Crippen LogP contribution in [-0.2, 0) is 0 Å². The van der Waals surface area contributed by atoms with E-state index in [1.807, 2.05) is 24.3 Å². The summed E-state index contributed by atoms with van der Waals surface area (Å²) in [5.74, 6) is 0. The Kier molecular flexibility index (Phi) is 1.62. The second-order valence-electron chi connectivity index (χ2n) is 2.47. The molecule has 1 heterocycles. The Morgan fingerprint density at radius 3 is 2.92 bits per heavy atom. The van der Waals surface area contributed by atoms with Crippen LogP contribution in [0.15, 0.2) is 24.3 Å². The number of thiol groups is 1. The van der Waals surface area contributed by atoms with Crippen LogP contribution in [0.25, 0.3) is 10.9 Å². The third kappa shape index (κ3) is 1.00. The van der Waals surface area contributed by atoms with Crippen LogP contribution in [0.3, 0.4) is 0 Å². The van der Waals surface area contributed by atoms with Crippen molar-refractivity contribution in [3.63, 3.8) is 0 Å². The van der Waals surface area contributed by atoms with Gasteiger partial charge in [0.2, 0.25) is 0 Å². The number of para-hydroxylation sites is 1. The molecule has 0 spiro atoms. The number of hydrogen-bond acceptors (Lipinski definition) is 2. The Morgan fingerprint density at radius 1 is 1.42 bits per heavy atom. The van der Waals surface area contributed by atoms with Crippen LogP contribution in [0, 0.1) is 5.41 Å². The molecule has 12 heavy (non-hydrogen) atoms. The predicted molar refractivity (Wildman–Crippen MR) is 51.9 cm³/mol. The van der Waals surface area contributed by atoms with E-state index in [9.17, 15) is 0 Å². The molecule has 0 aliphatic heterocycles. The summed E-state index contributed by atoms with van der Waals surface area (Å²) in [7, 11) is 0. The largest absolute Gasteiger partial charge is 0.292 e. The van der Waals surface area contributed by atoms with Crippen LogP contribution in [0.1, 0.15) is 5.69 Å².